The number of carbonyl (C=O) groups excluding carboxylic acids is 1. The van der Waals surface area contributed by atoms with Crippen LogP contribution < -0.4 is 11.1 Å². The van der Waals surface area contributed by atoms with Gasteiger partial charge in [-0.2, -0.15) is 0 Å². The second-order valence-corrected chi connectivity index (χ2v) is 5.09. The second kappa shape index (κ2) is 6.12. The zero-order valence-electron chi connectivity index (χ0n) is 11.2. The van der Waals surface area contributed by atoms with E-state index < -0.39 is 5.91 Å². The van der Waals surface area contributed by atoms with E-state index in [2.05, 4.69) is 10.2 Å². The number of likely N-dealkylation sites (N-methyl/N-ethyl adjacent to an activating group) is 1. The number of nitrogens with zero attached hydrogens (tertiary/aromatic N) is 1. The molecular formula is C14H20FN3O. The molecule has 4 nitrogen and oxygen atoms in total. The highest BCUT2D eigenvalue weighted by Gasteiger charge is 2.19. The molecule has 1 fully saturated rings. The molecule has 0 spiro atoms. The van der Waals surface area contributed by atoms with Crippen molar-refractivity contribution in [1.29, 1.82) is 0 Å². The van der Waals surface area contributed by atoms with Crippen LogP contribution in [0.2, 0.25) is 0 Å². The van der Waals surface area contributed by atoms with Crippen LogP contribution in [0.1, 0.15) is 28.8 Å². The molecule has 104 valence electrons. The van der Waals surface area contributed by atoms with E-state index in [-0.39, 0.29) is 5.82 Å². The highest BCUT2D eigenvalue weighted by Crippen LogP contribution is 2.16. The molecule has 0 bridgehead atoms. The number of benzene rings is 1. The lowest BCUT2D eigenvalue weighted by atomic mass is 10.0. The third-order valence-corrected chi connectivity index (χ3v) is 3.64. The Morgan fingerprint density at radius 1 is 1.58 bits per heavy atom. The van der Waals surface area contributed by atoms with Gasteiger partial charge in [-0.05, 0) is 44.6 Å². The lowest BCUT2D eigenvalue weighted by molar-refractivity contribution is 0.1000. The zero-order valence-corrected chi connectivity index (χ0v) is 11.2. The van der Waals surface area contributed by atoms with Gasteiger partial charge in [0.05, 0.1) is 0 Å². The number of nitrogens with one attached hydrogen (secondary N) is 1. The highest BCUT2D eigenvalue weighted by molar-refractivity contribution is 5.92. The normalized spacial score (nSPS) is 19.6. The van der Waals surface area contributed by atoms with Crippen molar-refractivity contribution in [2.24, 2.45) is 5.73 Å². The van der Waals surface area contributed by atoms with E-state index in [0.29, 0.717) is 23.7 Å². The molecule has 1 aliphatic heterocycles. The van der Waals surface area contributed by atoms with Crippen LogP contribution in [0, 0.1) is 5.82 Å². The summed E-state index contributed by atoms with van der Waals surface area (Å²) in [4.78, 5) is 13.2. The van der Waals surface area contributed by atoms with Crippen molar-refractivity contribution in [3.8, 4) is 0 Å². The maximum absolute atomic E-state index is 13.8. The van der Waals surface area contributed by atoms with E-state index in [9.17, 15) is 9.18 Å². The van der Waals surface area contributed by atoms with Gasteiger partial charge in [-0.3, -0.25) is 9.69 Å². The Balaban J connectivity index is 2.08. The average Bonchev–Trinajstić information content (AvgIpc) is 2.42. The fourth-order valence-electron chi connectivity index (χ4n) is 2.46. The first-order valence-corrected chi connectivity index (χ1v) is 6.57. The number of primary amides is 1. The summed E-state index contributed by atoms with van der Waals surface area (Å²) in [5.41, 5.74) is 6.09. The molecule has 19 heavy (non-hydrogen) atoms. The molecule has 1 amide bonds. The summed E-state index contributed by atoms with van der Waals surface area (Å²) < 4.78 is 13.8. The number of carbonyl (C=O) groups is 1. The first-order valence-electron chi connectivity index (χ1n) is 6.57. The monoisotopic (exact) mass is 265 g/mol. The van der Waals surface area contributed by atoms with E-state index in [4.69, 9.17) is 5.73 Å². The summed E-state index contributed by atoms with van der Waals surface area (Å²) in [7, 11) is 1.98. The number of nitrogens with two attached hydrogens (primary N) is 1. The van der Waals surface area contributed by atoms with Crippen LogP contribution in [0.3, 0.4) is 0 Å². The van der Waals surface area contributed by atoms with Crippen LogP contribution in [-0.4, -0.2) is 37.0 Å². The first kappa shape index (κ1) is 14.0. The standard InChI is InChI=1S/C14H20FN3O/c1-18(12-3-2-6-17-8-12)9-11-7-10(14(16)19)4-5-13(11)15/h4-5,7,12,17H,2-3,6,8-9H2,1H3,(H2,16,19). The lowest BCUT2D eigenvalue weighted by Gasteiger charge is -2.31. The van der Waals surface area contributed by atoms with Gasteiger partial charge in [-0.25, -0.2) is 4.39 Å². The number of piperidine rings is 1. The van der Waals surface area contributed by atoms with Gasteiger partial charge in [-0.1, -0.05) is 0 Å². The molecule has 5 heteroatoms. The van der Waals surface area contributed by atoms with Crippen molar-refractivity contribution >= 4 is 5.91 Å². The zero-order chi connectivity index (χ0) is 13.8. The van der Waals surface area contributed by atoms with Crippen LogP contribution in [0.25, 0.3) is 0 Å². The molecule has 1 aliphatic rings. The van der Waals surface area contributed by atoms with Gasteiger partial charge in [0, 0.05) is 30.3 Å². The fraction of sp³-hybridized carbons (Fsp3) is 0.500. The molecule has 1 saturated heterocycles. The quantitative estimate of drug-likeness (QED) is 0.857. The van der Waals surface area contributed by atoms with Crippen molar-refractivity contribution in [1.82, 2.24) is 10.2 Å². The van der Waals surface area contributed by atoms with E-state index in [1.54, 1.807) is 6.07 Å². The lowest BCUT2D eigenvalue weighted by Crippen LogP contribution is -2.43. The SMILES string of the molecule is CN(Cc1cc(C(N)=O)ccc1F)C1CCCNC1. The number of hydrogen-bond acceptors (Lipinski definition) is 3. The van der Waals surface area contributed by atoms with Crippen molar-refractivity contribution in [2.75, 3.05) is 20.1 Å². The molecule has 0 radical (unpaired) electrons. The van der Waals surface area contributed by atoms with Crippen molar-refractivity contribution in [2.45, 2.75) is 25.4 Å². The molecule has 1 unspecified atom stereocenters. The summed E-state index contributed by atoms with van der Waals surface area (Å²) in [6.45, 7) is 2.46. The van der Waals surface area contributed by atoms with Crippen molar-refractivity contribution in [3.63, 3.8) is 0 Å². The average molecular weight is 265 g/mol. The van der Waals surface area contributed by atoms with E-state index in [1.165, 1.54) is 12.1 Å². The summed E-state index contributed by atoms with van der Waals surface area (Å²) in [5, 5.41) is 3.34. The molecule has 0 saturated carbocycles. The Morgan fingerprint density at radius 3 is 3.00 bits per heavy atom. The smallest absolute Gasteiger partial charge is 0.248 e. The molecular weight excluding hydrogens is 245 g/mol. The number of amides is 1. The number of halogens is 1. The summed E-state index contributed by atoms with van der Waals surface area (Å²) in [6.07, 6.45) is 2.25. The van der Waals surface area contributed by atoms with Gasteiger partial charge < -0.3 is 11.1 Å². The van der Waals surface area contributed by atoms with Gasteiger partial charge in [0.25, 0.3) is 0 Å². The number of hydrogen-bond donors (Lipinski definition) is 2. The predicted octanol–water partition coefficient (Wildman–Crippen LogP) is 1.11. The van der Waals surface area contributed by atoms with Gasteiger partial charge in [0.15, 0.2) is 0 Å². The Kier molecular flexibility index (Phi) is 4.50. The predicted molar refractivity (Wildman–Crippen MR) is 72.3 cm³/mol. The van der Waals surface area contributed by atoms with Crippen LogP contribution in [0.4, 0.5) is 4.39 Å². The minimum Gasteiger partial charge on any atom is -0.366 e. The van der Waals surface area contributed by atoms with Crippen LogP contribution in [-0.2, 0) is 6.54 Å². The summed E-state index contributed by atoms with van der Waals surface area (Å²) in [5.74, 6) is -0.816. The molecule has 1 aromatic rings. The summed E-state index contributed by atoms with van der Waals surface area (Å²) in [6, 6.07) is 4.68. The molecule has 0 aromatic heterocycles. The fourth-order valence-corrected chi connectivity index (χ4v) is 2.46. The minimum atomic E-state index is -0.525. The Bertz CT molecular complexity index is 458. The third kappa shape index (κ3) is 3.52. The van der Waals surface area contributed by atoms with Crippen LogP contribution in [0.15, 0.2) is 18.2 Å². The number of rotatable bonds is 4. The van der Waals surface area contributed by atoms with Gasteiger partial charge in [0.1, 0.15) is 5.82 Å². The molecule has 1 heterocycles. The minimum absolute atomic E-state index is 0.291. The maximum Gasteiger partial charge on any atom is 0.248 e. The van der Waals surface area contributed by atoms with E-state index in [0.717, 1.165) is 25.9 Å². The van der Waals surface area contributed by atoms with Crippen molar-refractivity contribution in [3.05, 3.63) is 35.1 Å². The summed E-state index contributed by atoms with van der Waals surface area (Å²) >= 11 is 0. The maximum atomic E-state index is 13.8. The Labute approximate surface area is 112 Å². The van der Waals surface area contributed by atoms with Gasteiger partial charge >= 0.3 is 0 Å². The largest absolute Gasteiger partial charge is 0.366 e. The van der Waals surface area contributed by atoms with Crippen LogP contribution in [0.5, 0.6) is 0 Å². The topological polar surface area (TPSA) is 58.4 Å². The van der Waals surface area contributed by atoms with Crippen molar-refractivity contribution < 1.29 is 9.18 Å². The Morgan fingerprint density at radius 2 is 2.37 bits per heavy atom. The molecule has 0 aliphatic carbocycles. The van der Waals surface area contributed by atoms with E-state index in [1.807, 2.05) is 7.05 Å². The van der Waals surface area contributed by atoms with Gasteiger partial charge in [-0.15, -0.1) is 0 Å². The third-order valence-electron chi connectivity index (χ3n) is 3.64. The van der Waals surface area contributed by atoms with Gasteiger partial charge in [0.2, 0.25) is 5.91 Å². The Hall–Kier alpha value is -1.46. The van der Waals surface area contributed by atoms with E-state index >= 15 is 0 Å². The molecule has 1 atom stereocenters. The highest BCUT2D eigenvalue weighted by atomic mass is 19.1. The molecule has 3 N–H and O–H groups in total. The molecule has 2 rings (SSSR count). The first-order chi connectivity index (χ1) is 9.08. The molecule has 1 aromatic carbocycles. The van der Waals surface area contributed by atoms with Crippen LogP contribution >= 0.6 is 0 Å². The second-order valence-electron chi connectivity index (χ2n) is 5.09.